The van der Waals surface area contributed by atoms with Gasteiger partial charge in [0.15, 0.2) is 0 Å². The van der Waals surface area contributed by atoms with Gasteiger partial charge in [0, 0.05) is 32.2 Å². The molecule has 5 nitrogen and oxygen atoms in total. The van der Waals surface area contributed by atoms with E-state index in [2.05, 4.69) is 19.2 Å². The highest BCUT2D eigenvalue weighted by atomic mass is 19.1. The zero-order valence-electron chi connectivity index (χ0n) is 15.0. The number of halogens is 1. The number of amides is 2. The summed E-state index contributed by atoms with van der Waals surface area (Å²) in [7, 11) is 3.11. The average Bonchev–Trinajstić information content (AvgIpc) is 3.07. The molecule has 2 aromatic rings. The minimum absolute atomic E-state index is 0.0656. The van der Waals surface area contributed by atoms with Crippen molar-refractivity contribution in [2.45, 2.75) is 26.3 Å². The van der Waals surface area contributed by atoms with Gasteiger partial charge in [0.2, 0.25) is 5.91 Å². The second-order valence-corrected chi connectivity index (χ2v) is 6.66. The summed E-state index contributed by atoms with van der Waals surface area (Å²) in [5, 5.41) is 2.80. The number of anilines is 1. The third kappa shape index (κ3) is 4.68. The minimum atomic E-state index is -0.610. The highest BCUT2D eigenvalue weighted by molar-refractivity contribution is 5.98. The molecule has 2 amide bonds. The molecule has 0 bridgehead atoms. The Morgan fingerprint density at radius 3 is 2.40 bits per heavy atom. The lowest BCUT2D eigenvalue weighted by Crippen LogP contribution is -2.27. The number of nitrogens with one attached hydrogen (secondary N) is 1. The van der Waals surface area contributed by atoms with E-state index >= 15 is 0 Å². The van der Waals surface area contributed by atoms with Crippen molar-refractivity contribution < 1.29 is 14.0 Å². The van der Waals surface area contributed by atoms with Crippen LogP contribution in [0.4, 0.5) is 10.1 Å². The number of carbonyl (C=O) groups is 2. The van der Waals surface area contributed by atoms with E-state index in [-0.39, 0.29) is 17.5 Å². The number of aromatic nitrogens is 1. The molecular weight excluding hydrogens is 321 g/mol. The molecule has 0 aliphatic rings. The molecule has 1 N–H and O–H groups in total. The third-order valence-electron chi connectivity index (χ3n) is 3.86. The van der Waals surface area contributed by atoms with Crippen LogP contribution in [0.5, 0.6) is 0 Å². The highest BCUT2D eigenvalue weighted by Gasteiger charge is 2.22. The van der Waals surface area contributed by atoms with Crippen LogP contribution >= 0.6 is 0 Å². The van der Waals surface area contributed by atoms with Crippen LogP contribution in [-0.4, -0.2) is 35.4 Å². The maximum absolute atomic E-state index is 13.9. The van der Waals surface area contributed by atoms with Gasteiger partial charge in [-0.1, -0.05) is 13.8 Å². The topological polar surface area (TPSA) is 54.3 Å². The van der Waals surface area contributed by atoms with E-state index in [0.29, 0.717) is 18.0 Å². The first-order chi connectivity index (χ1) is 11.8. The largest absolute Gasteiger partial charge is 0.345 e. The Kier molecular flexibility index (Phi) is 5.96. The maximum Gasteiger partial charge on any atom is 0.256 e. The number of nitrogens with zero attached hydrogens (tertiary/aromatic N) is 2. The molecule has 0 aliphatic heterocycles. The van der Waals surface area contributed by atoms with Gasteiger partial charge < -0.3 is 14.8 Å². The molecule has 0 spiro atoms. The van der Waals surface area contributed by atoms with Gasteiger partial charge >= 0.3 is 0 Å². The molecule has 1 atom stereocenters. The monoisotopic (exact) mass is 345 g/mol. The third-order valence-corrected chi connectivity index (χ3v) is 3.86. The number of hydrogen-bond donors (Lipinski definition) is 1. The summed E-state index contributed by atoms with van der Waals surface area (Å²) in [4.78, 5) is 26.1. The van der Waals surface area contributed by atoms with Gasteiger partial charge in [0.25, 0.3) is 5.91 Å². The van der Waals surface area contributed by atoms with Gasteiger partial charge in [-0.3, -0.25) is 9.59 Å². The number of hydrogen-bond acceptors (Lipinski definition) is 2. The summed E-state index contributed by atoms with van der Waals surface area (Å²) in [5.41, 5.74) is 0.335. The van der Waals surface area contributed by atoms with Gasteiger partial charge in [-0.2, -0.15) is 0 Å². The Balaban J connectivity index is 2.23. The Hall–Kier alpha value is -2.63. The lowest BCUT2D eigenvalue weighted by molar-refractivity contribution is -0.119. The smallest absolute Gasteiger partial charge is 0.256 e. The Labute approximate surface area is 147 Å². The quantitative estimate of drug-likeness (QED) is 0.870. The molecule has 1 heterocycles. The maximum atomic E-state index is 13.9. The van der Waals surface area contributed by atoms with Crippen LogP contribution in [-0.2, 0) is 4.79 Å². The summed E-state index contributed by atoms with van der Waals surface area (Å²) < 4.78 is 15.8. The summed E-state index contributed by atoms with van der Waals surface area (Å²) in [6, 6.07) is 7.39. The van der Waals surface area contributed by atoms with Gasteiger partial charge in [-0.25, -0.2) is 4.39 Å². The fourth-order valence-electron chi connectivity index (χ4n) is 2.60. The fraction of sp³-hybridized carbons (Fsp3) is 0.368. The highest BCUT2D eigenvalue weighted by Crippen LogP contribution is 2.22. The fourth-order valence-corrected chi connectivity index (χ4v) is 2.60. The van der Waals surface area contributed by atoms with Crippen LogP contribution in [0, 0.1) is 11.7 Å². The SMILES string of the molecule is CC(C)CC(C(=O)Nc1ccc(F)c(C(=O)N(C)C)c1)n1cccc1. The van der Waals surface area contributed by atoms with Crippen LogP contribution < -0.4 is 5.32 Å². The van der Waals surface area contributed by atoms with E-state index in [1.807, 2.05) is 29.1 Å². The molecule has 0 aliphatic carbocycles. The lowest BCUT2D eigenvalue weighted by atomic mass is 10.0. The predicted octanol–water partition coefficient (Wildman–Crippen LogP) is 3.55. The molecule has 6 heteroatoms. The van der Waals surface area contributed by atoms with Crippen LogP contribution in [0.1, 0.15) is 36.7 Å². The normalized spacial score (nSPS) is 12.1. The van der Waals surface area contributed by atoms with Crippen LogP contribution in [0.2, 0.25) is 0 Å². The summed E-state index contributed by atoms with van der Waals surface area (Å²) >= 11 is 0. The van der Waals surface area contributed by atoms with Gasteiger partial charge in [-0.15, -0.1) is 0 Å². The molecular formula is C19H24FN3O2. The van der Waals surface area contributed by atoms with Crippen LogP contribution in [0.15, 0.2) is 42.7 Å². The summed E-state index contributed by atoms with van der Waals surface area (Å²) in [6.45, 7) is 4.10. The van der Waals surface area contributed by atoms with Gasteiger partial charge in [0.1, 0.15) is 11.9 Å². The predicted molar refractivity (Wildman–Crippen MR) is 96.0 cm³/mol. The molecule has 1 aromatic heterocycles. The molecule has 134 valence electrons. The van der Waals surface area contributed by atoms with Gasteiger partial charge in [-0.05, 0) is 42.7 Å². The zero-order valence-corrected chi connectivity index (χ0v) is 15.0. The zero-order chi connectivity index (χ0) is 18.6. The molecule has 0 saturated heterocycles. The molecule has 1 aromatic carbocycles. The molecule has 2 rings (SSSR count). The average molecular weight is 345 g/mol. The standard InChI is InChI=1S/C19H24FN3O2/c1-13(2)11-17(23-9-5-6-10-23)18(24)21-14-7-8-16(20)15(12-14)19(25)22(3)4/h5-10,12-13,17H,11H2,1-4H3,(H,21,24). The lowest BCUT2D eigenvalue weighted by Gasteiger charge is -2.21. The summed E-state index contributed by atoms with van der Waals surface area (Å²) in [5.74, 6) is -0.921. The van der Waals surface area contributed by atoms with Crippen molar-refractivity contribution in [2.75, 3.05) is 19.4 Å². The first-order valence-electron chi connectivity index (χ1n) is 8.24. The number of rotatable bonds is 6. The molecule has 0 saturated carbocycles. The molecule has 0 radical (unpaired) electrons. The van der Waals surface area contributed by atoms with E-state index in [0.717, 1.165) is 0 Å². The molecule has 1 unspecified atom stereocenters. The van der Waals surface area contributed by atoms with E-state index in [1.54, 1.807) is 14.1 Å². The first-order valence-corrected chi connectivity index (χ1v) is 8.24. The van der Waals surface area contributed by atoms with Gasteiger partial charge in [0.05, 0.1) is 5.56 Å². The molecule has 0 fully saturated rings. The van der Waals surface area contributed by atoms with E-state index in [1.165, 1.54) is 23.1 Å². The number of carbonyl (C=O) groups excluding carboxylic acids is 2. The van der Waals surface area contributed by atoms with Crippen molar-refractivity contribution in [3.63, 3.8) is 0 Å². The van der Waals surface area contributed by atoms with Crippen molar-refractivity contribution >= 4 is 17.5 Å². The van der Waals surface area contributed by atoms with E-state index in [9.17, 15) is 14.0 Å². The van der Waals surface area contributed by atoms with Crippen molar-refractivity contribution in [1.29, 1.82) is 0 Å². The number of benzene rings is 1. The van der Waals surface area contributed by atoms with Crippen LogP contribution in [0.25, 0.3) is 0 Å². The van der Waals surface area contributed by atoms with Crippen molar-refractivity contribution in [3.8, 4) is 0 Å². The Morgan fingerprint density at radius 2 is 1.84 bits per heavy atom. The molecule has 25 heavy (non-hydrogen) atoms. The van der Waals surface area contributed by atoms with Crippen molar-refractivity contribution in [3.05, 3.63) is 54.1 Å². The Morgan fingerprint density at radius 1 is 1.20 bits per heavy atom. The summed E-state index contributed by atoms with van der Waals surface area (Å²) in [6.07, 6.45) is 4.36. The second kappa shape index (κ2) is 7.96. The van der Waals surface area contributed by atoms with E-state index in [4.69, 9.17) is 0 Å². The van der Waals surface area contributed by atoms with Crippen LogP contribution in [0.3, 0.4) is 0 Å². The Bertz CT molecular complexity index is 739. The van der Waals surface area contributed by atoms with Crippen molar-refractivity contribution in [2.24, 2.45) is 5.92 Å². The van der Waals surface area contributed by atoms with E-state index < -0.39 is 11.7 Å². The first kappa shape index (κ1) is 18.7. The van der Waals surface area contributed by atoms with Crippen molar-refractivity contribution in [1.82, 2.24) is 9.47 Å². The minimum Gasteiger partial charge on any atom is -0.345 e. The second-order valence-electron chi connectivity index (χ2n) is 6.66.